The third-order valence-corrected chi connectivity index (χ3v) is 1.07. The topological polar surface area (TPSA) is 78.1 Å². The SMILES string of the molecule is CCc1oc(N)nc1N. The standard InChI is InChI=1S/C5H9N3O/c1-2-3-4(6)8-5(7)9-3/h2,6H2,1H3,(H2,7,8). The molecule has 0 saturated heterocycles. The van der Waals surface area contributed by atoms with Gasteiger partial charge in [0.15, 0.2) is 5.82 Å². The number of anilines is 2. The molecule has 1 rings (SSSR count). The highest BCUT2D eigenvalue weighted by Crippen LogP contribution is 2.13. The first kappa shape index (κ1) is 5.94. The Morgan fingerprint density at radius 1 is 1.56 bits per heavy atom. The fourth-order valence-corrected chi connectivity index (χ4v) is 0.636. The molecule has 0 aliphatic carbocycles. The summed E-state index contributed by atoms with van der Waals surface area (Å²) in [5, 5.41) is 0. The van der Waals surface area contributed by atoms with Crippen LogP contribution in [0.3, 0.4) is 0 Å². The van der Waals surface area contributed by atoms with E-state index in [4.69, 9.17) is 15.9 Å². The summed E-state index contributed by atoms with van der Waals surface area (Å²) in [5.41, 5.74) is 10.6. The Balaban J connectivity index is 3.01. The first-order valence-electron chi connectivity index (χ1n) is 2.74. The number of nitrogen functional groups attached to an aromatic ring is 2. The molecule has 0 saturated carbocycles. The summed E-state index contributed by atoms with van der Waals surface area (Å²) >= 11 is 0. The maximum absolute atomic E-state index is 5.37. The molecule has 0 bridgehead atoms. The smallest absolute Gasteiger partial charge is 0.294 e. The molecule has 0 radical (unpaired) electrons. The molecule has 0 amide bonds. The van der Waals surface area contributed by atoms with E-state index < -0.39 is 0 Å². The van der Waals surface area contributed by atoms with Crippen molar-refractivity contribution >= 4 is 11.8 Å². The lowest BCUT2D eigenvalue weighted by molar-refractivity contribution is 0.531. The van der Waals surface area contributed by atoms with Gasteiger partial charge in [-0.1, -0.05) is 6.92 Å². The lowest BCUT2D eigenvalue weighted by Gasteiger charge is -1.84. The van der Waals surface area contributed by atoms with E-state index in [0.717, 1.165) is 6.42 Å². The van der Waals surface area contributed by atoms with Crippen LogP contribution in [-0.2, 0) is 6.42 Å². The first-order valence-corrected chi connectivity index (χ1v) is 2.74. The largest absolute Gasteiger partial charge is 0.427 e. The predicted octanol–water partition coefficient (Wildman–Crippen LogP) is 0.401. The number of nitrogens with zero attached hydrogens (tertiary/aromatic N) is 1. The molecule has 0 aromatic carbocycles. The molecule has 50 valence electrons. The lowest BCUT2D eigenvalue weighted by atomic mass is 10.4. The van der Waals surface area contributed by atoms with E-state index in [-0.39, 0.29) is 6.01 Å². The zero-order valence-electron chi connectivity index (χ0n) is 5.22. The van der Waals surface area contributed by atoms with Crippen molar-refractivity contribution in [3.63, 3.8) is 0 Å². The molecule has 0 aliphatic heterocycles. The second kappa shape index (κ2) is 1.97. The van der Waals surface area contributed by atoms with Crippen molar-refractivity contribution in [1.82, 2.24) is 4.98 Å². The minimum absolute atomic E-state index is 0.143. The number of hydrogen-bond acceptors (Lipinski definition) is 4. The molecule has 1 heterocycles. The quantitative estimate of drug-likeness (QED) is 0.572. The number of aromatic nitrogens is 1. The van der Waals surface area contributed by atoms with Gasteiger partial charge in [0.05, 0.1) is 0 Å². The van der Waals surface area contributed by atoms with Gasteiger partial charge in [-0.2, -0.15) is 4.98 Å². The second-order valence-corrected chi connectivity index (χ2v) is 1.71. The second-order valence-electron chi connectivity index (χ2n) is 1.71. The van der Waals surface area contributed by atoms with Crippen LogP contribution in [0.1, 0.15) is 12.7 Å². The van der Waals surface area contributed by atoms with Crippen LogP contribution < -0.4 is 11.5 Å². The molecule has 1 aromatic heterocycles. The molecule has 0 unspecified atom stereocenters. The predicted molar refractivity (Wildman–Crippen MR) is 34.7 cm³/mol. The van der Waals surface area contributed by atoms with Crippen molar-refractivity contribution in [2.45, 2.75) is 13.3 Å². The number of rotatable bonds is 1. The molecule has 1 aromatic rings. The average Bonchev–Trinajstić information content (AvgIpc) is 2.10. The van der Waals surface area contributed by atoms with Gasteiger partial charge in [0, 0.05) is 6.42 Å². The summed E-state index contributed by atoms with van der Waals surface area (Å²) in [6.07, 6.45) is 0.732. The number of nitrogens with two attached hydrogens (primary N) is 2. The van der Waals surface area contributed by atoms with E-state index in [1.807, 2.05) is 6.92 Å². The molecule has 9 heavy (non-hydrogen) atoms. The molecule has 0 atom stereocenters. The van der Waals surface area contributed by atoms with Crippen molar-refractivity contribution in [2.75, 3.05) is 11.5 Å². The number of oxazole rings is 1. The van der Waals surface area contributed by atoms with E-state index in [1.165, 1.54) is 0 Å². The molecule has 0 aliphatic rings. The normalized spacial score (nSPS) is 9.89. The van der Waals surface area contributed by atoms with Gasteiger partial charge in [0.25, 0.3) is 6.01 Å². The van der Waals surface area contributed by atoms with Crippen LogP contribution in [0.15, 0.2) is 4.42 Å². The van der Waals surface area contributed by atoms with Crippen LogP contribution in [0.5, 0.6) is 0 Å². The molecular weight excluding hydrogens is 118 g/mol. The van der Waals surface area contributed by atoms with Gasteiger partial charge >= 0.3 is 0 Å². The van der Waals surface area contributed by atoms with E-state index in [9.17, 15) is 0 Å². The van der Waals surface area contributed by atoms with Gasteiger partial charge in [-0.15, -0.1) is 0 Å². The monoisotopic (exact) mass is 127 g/mol. The average molecular weight is 127 g/mol. The summed E-state index contributed by atoms with van der Waals surface area (Å²) in [5.74, 6) is 1.06. The zero-order chi connectivity index (χ0) is 6.85. The van der Waals surface area contributed by atoms with Gasteiger partial charge in [-0.25, -0.2) is 0 Å². The van der Waals surface area contributed by atoms with Crippen LogP contribution in [0.25, 0.3) is 0 Å². The molecule has 0 fully saturated rings. The van der Waals surface area contributed by atoms with Gasteiger partial charge < -0.3 is 15.9 Å². The van der Waals surface area contributed by atoms with Crippen LogP contribution in [0.4, 0.5) is 11.8 Å². The van der Waals surface area contributed by atoms with Crippen LogP contribution in [0.2, 0.25) is 0 Å². The zero-order valence-corrected chi connectivity index (χ0v) is 5.22. The fourth-order valence-electron chi connectivity index (χ4n) is 0.636. The van der Waals surface area contributed by atoms with Crippen molar-refractivity contribution in [2.24, 2.45) is 0 Å². The lowest BCUT2D eigenvalue weighted by Crippen LogP contribution is -1.89. The molecular formula is C5H9N3O. The number of hydrogen-bond donors (Lipinski definition) is 2. The Bertz CT molecular complexity index is 206. The highest BCUT2D eigenvalue weighted by atomic mass is 16.4. The minimum atomic E-state index is 0.143. The van der Waals surface area contributed by atoms with Gasteiger partial charge in [-0.05, 0) is 0 Å². The van der Waals surface area contributed by atoms with Crippen LogP contribution in [-0.4, -0.2) is 4.98 Å². The third-order valence-electron chi connectivity index (χ3n) is 1.07. The Morgan fingerprint density at radius 2 is 2.22 bits per heavy atom. The Kier molecular flexibility index (Phi) is 1.30. The molecule has 4 N–H and O–H groups in total. The summed E-state index contributed by atoms with van der Waals surface area (Å²) in [6.45, 7) is 1.93. The van der Waals surface area contributed by atoms with Crippen molar-refractivity contribution < 1.29 is 4.42 Å². The fraction of sp³-hybridized carbons (Fsp3) is 0.400. The summed E-state index contributed by atoms with van der Waals surface area (Å²) in [4.78, 5) is 3.67. The van der Waals surface area contributed by atoms with Crippen molar-refractivity contribution in [1.29, 1.82) is 0 Å². The highest BCUT2D eigenvalue weighted by molar-refractivity contribution is 5.37. The van der Waals surface area contributed by atoms with Gasteiger partial charge in [0.2, 0.25) is 0 Å². The first-order chi connectivity index (χ1) is 4.24. The maximum atomic E-state index is 5.37. The van der Waals surface area contributed by atoms with Gasteiger partial charge in [0.1, 0.15) is 5.76 Å². The summed E-state index contributed by atoms with van der Waals surface area (Å²) in [6, 6.07) is 0.143. The van der Waals surface area contributed by atoms with E-state index in [0.29, 0.717) is 11.6 Å². The Morgan fingerprint density at radius 3 is 2.44 bits per heavy atom. The molecule has 0 spiro atoms. The Hall–Kier alpha value is -1.19. The Labute approximate surface area is 52.9 Å². The molecule has 4 nitrogen and oxygen atoms in total. The van der Waals surface area contributed by atoms with Crippen molar-refractivity contribution in [3.05, 3.63) is 5.76 Å². The molecule has 4 heteroatoms. The third kappa shape index (κ3) is 0.960. The van der Waals surface area contributed by atoms with E-state index in [1.54, 1.807) is 0 Å². The van der Waals surface area contributed by atoms with Crippen molar-refractivity contribution in [3.8, 4) is 0 Å². The van der Waals surface area contributed by atoms with Gasteiger partial charge in [-0.3, -0.25) is 0 Å². The minimum Gasteiger partial charge on any atom is -0.427 e. The van der Waals surface area contributed by atoms with E-state index >= 15 is 0 Å². The van der Waals surface area contributed by atoms with Crippen LogP contribution >= 0.6 is 0 Å². The van der Waals surface area contributed by atoms with Crippen LogP contribution in [0, 0.1) is 0 Å². The highest BCUT2D eigenvalue weighted by Gasteiger charge is 2.03. The number of aryl methyl sites for hydroxylation is 1. The summed E-state index contributed by atoms with van der Waals surface area (Å²) < 4.78 is 4.91. The maximum Gasteiger partial charge on any atom is 0.294 e. The van der Waals surface area contributed by atoms with E-state index in [2.05, 4.69) is 4.98 Å². The summed E-state index contributed by atoms with van der Waals surface area (Å²) in [7, 11) is 0.